The molecule has 1 aromatic carbocycles. The number of carbonyl (C=O) groups excluding carboxylic acids is 1. The van der Waals surface area contributed by atoms with Crippen LogP contribution in [0.5, 0.6) is 11.5 Å². The smallest absolute Gasteiger partial charge is 0.305 e. The summed E-state index contributed by atoms with van der Waals surface area (Å²) in [6, 6.07) is 11.0. The van der Waals surface area contributed by atoms with E-state index < -0.39 is 0 Å². The number of hydrogen-bond donors (Lipinski definition) is 1. The summed E-state index contributed by atoms with van der Waals surface area (Å²) >= 11 is 0. The summed E-state index contributed by atoms with van der Waals surface area (Å²) < 4.78 is 12.1. The molecule has 2 aromatic rings. The van der Waals surface area contributed by atoms with E-state index in [1.807, 2.05) is 36.7 Å². The average Bonchev–Trinajstić information content (AvgIpc) is 2.55. The lowest BCUT2D eigenvalue weighted by molar-refractivity contribution is -0.684. The first-order valence-electron chi connectivity index (χ1n) is 6.71. The SMILES string of the molecule is COc1ccc(/C=N/NC(=O)C[n+]2ccccc2)cc1OC.[Cl-]. The second-order valence-electron chi connectivity index (χ2n) is 4.46. The first kappa shape index (κ1) is 18.4. The van der Waals surface area contributed by atoms with E-state index in [9.17, 15) is 4.79 Å². The van der Waals surface area contributed by atoms with Crippen molar-refractivity contribution in [3.63, 3.8) is 0 Å². The van der Waals surface area contributed by atoms with Crippen LogP contribution >= 0.6 is 0 Å². The summed E-state index contributed by atoms with van der Waals surface area (Å²) in [7, 11) is 3.14. The van der Waals surface area contributed by atoms with Gasteiger partial charge in [-0.15, -0.1) is 0 Å². The first-order valence-corrected chi connectivity index (χ1v) is 6.71. The van der Waals surface area contributed by atoms with E-state index in [2.05, 4.69) is 10.5 Å². The molecule has 0 bridgehead atoms. The van der Waals surface area contributed by atoms with Crippen molar-refractivity contribution in [2.75, 3.05) is 14.2 Å². The molecule has 0 saturated carbocycles. The monoisotopic (exact) mass is 335 g/mol. The summed E-state index contributed by atoms with van der Waals surface area (Å²) in [4.78, 5) is 11.7. The molecule has 0 fully saturated rings. The minimum absolute atomic E-state index is 0. The number of aromatic nitrogens is 1. The highest BCUT2D eigenvalue weighted by Gasteiger charge is 2.07. The third-order valence-electron chi connectivity index (χ3n) is 2.91. The number of ether oxygens (including phenoxy) is 2. The maximum Gasteiger partial charge on any atom is 0.305 e. The Morgan fingerprint density at radius 3 is 2.52 bits per heavy atom. The second kappa shape index (κ2) is 9.42. The van der Waals surface area contributed by atoms with Crippen LogP contribution in [0.15, 0.2) is 53.9 Å². The minimum Gasteiger partial charge on any atom is -1.00 e. The summed E-state index contributed by atoms with van der Waals surface area (Å²) in [6.45, 7) is 0.212. The molecule has 122 valence electrons. The highest BCUT2D eigenvalue weighted by atomic mass is 35.5. The largest absolute Gasteiger partial charge is 1.00 e. The summed E-state index contributed by atoms with van der Waals surface area (Å²) in [6.07, 6.45) is 5.19. The van der Waals surface area contributed by atoms with E-state index in [0.717, 1.165) is 5.56 Å². The van der Waals surface area contributed by atoms with Gasteiger partial charge in [0.2, 0.25) is 6.54 Å². The Morgan fingerprint density at radius 1 is 1.17 bits per heavy atom. The molecule has 23 heavy (non-hydrogen) atoms. The zero-order valence-electron chi connectivity index (χ0n) is 12.9. The third-order valence-corrected chi connectivity index (χ3v) is 2.91. The molecular formula is C16H18ClN3O3. The van der Waals surface area contributed by atoms with Gasteiger partial charge in [-0.05, 0) is 23.8 Å². The van der Waals surface area contributed by atoms with E-state index in [0.29, 0.717) is 11.5 Å². The minimum atomic E-state index is -0.201. The van der Waals surface area contributed by atoms with E-state index in [1.54, 1.807) is 37.1 Å². The van der Waals surface area contributed by atoms with Gasteiger partial charge in [-0.1, -0.05) is 6.07 Å². The number of pyridine rings is 1. The van der Waals surface area contributed by atoms with Crippen LogP contribution < -0.4 is 31.9 Å². The molecule has 1 aromatic heterocycles. The van der Waals surface area contributed by atoms with Gasteiger partial charge in [-0.2, -0.15) is 9.67 Å². The van der Waals surface area contributed by atoms with Crippen molar-refractivity contribution in [2.24, 2.45) is 5.10 Å². The van der Waals surface area contributed by atoms with Crippen LogP contribution in [-0.2, 0) is 11.3 Å². The van der Waals surface area contributed by atoms with Gasteiger partial charge >= 0.3 is 5.91 Å². The lowest BCUT2D eigenvalue weighted by Crippen LogP contribution is -3.00. The Balaban J connectivity index is 0.00000264. The summed E-state index contributed by atoms with van der Waals surface area (Å²) in [5.74, 6) is 1.05. The molecule has 0 unspecified atom stereocenters. The molecule has 6 nitrogen and oxygen atoms in total. The molecule has 0 aliphatic carbocycles. The second-order valence-corrected chi connectivity index (χ2v) is 4.46. The Labute approximate surface area is 141 Å². The quantitative estimate of drug-likeness (QED) is 0.383. The van der Waals surface area contributed by atoms with Crippen LogP contribution in [0.1, 0.15) is 5.56 Å². The average molecular weight is 336 g/mol. The van der Waals surface area contributed by atoms with Crippen molar-refractivity contribution in [1.29, 1.82) is 0 Å². The maximum absolute atomic E-state index is 11.7. The fourth-order valence-electron chi connectivity index (χ4n) is 1.85. The van der Waals surface area contributed by atoms with Gasteiger partial charge in [0.25, 0.3) is 0 Å². The molecule has 0 spiro atoms. The lowest BCUT2D eigenvalue weighted by Gasteiger charge is -2.07. The Hall–Kier alpha value is -2.60. The number of benzene rings is 1. The van der Waals surface area contributed by atoms with Gasteiger partial charge in [0.1, 0.15) is 0 Å². The van der Waals surface area contributed by atoms with Crippen LogP contribution in [0.3, 0.4) is 0 Å². The molecule has 2 rings (SSSR count). The Morgan fingerprint density at radius 2 is 1.87 bits per heavy atom. The Kier molecular flexibility index (Phi) is 7.56. The van der Waals surface area contributed by atoms with Crippen molar-refractivity contribution in [3.05, 3.63) is 54.4 Å². The Bertz CT molecular complexity index is 663. The number of hydrogen-bond acceptors (Lipinski definition) is 4. The number of methoxy groups -OCH3 is 2. The zero-order valence-corrected chi connectivity index (χ0v) is 13.7. The van der Waals surface area contributed by atoms with Crippen molar-refractivity contribution in [3.8, 4) is 11.5 Å². The summed E-state index contributed by atoms with van der Waals surface area (Å²) in [5, 5.41) is 3.93. The molecule has 1 N–H and O–H groups in total. The summed E-state index contributed by atoms with van der Waals surface area (Å²) in [5.41, 5.74) is 3.28. The lowest BCUT2D eigenvalue weighted by atomic mass is 10.2. The van der Waals surface area contributed by atoms with Gasteiger partial charge in [-0.3, -0.25) is 4.79 Å². The first-order chi connectivity index (χ1) is 10.7. The number of nitrogens with zero attached hydrogens (tertiary/aromatic N) is 2. The van der Waals surface area contributed by atoms with Gasteiger partial charge in [0.15, 0.2) is 23.9 Å². The van der Waals surface area contributed by atoms with E-state index in [1.165, 1.54) is 0 Å². The van der Waals surface area contributed by atoms with Crippen LogP contribution in [-0.4, -0.2) is 26.3 Å². The van der Waals surface area contributed by atoms with Gasteiger partial charge in [0.05, 0.1) is 20.4 Å². The predicted molar refractivity (Wildman–Crippen MR) is 81.9 cm³/mol. The fourth-order valence-corrected chi connectivity index (χ4v) is 1.85. The van der Waals surface area contributed by atoms with Crippen molar-refractivity contribution in [2.45, 2.75) is 6.54 Å². The highest BCUT2D eigenvalue weighted by molar-refractivity contribution is 5.82. The number of hydrazone groups is 1. The van der Waals surface area contributed by atoms with E-state index >= 15 is 0 Å². The van der Waals surface area contributed by atoms with Crippen LogP contribution in [0.2, 0.25) is 0 Å². The van der Waals surface area contributed by atoms with Crippen molar-refractivity contribution >= 4 is 12.1 Å². The number of rotatable bonds is 6. The molecule has 0 aliphatic rings. The fraction of sp³-hybridized carbons (Fsp3) is 0.188. The van der Waals surface area contributed by atoms with Crippen LogP contribution in [0, 0.1) is 0 Å². The number of nitrogens with one attached hydrogen (secondary N) is 1. The zero-order chi connectivity index (χ0) is 15.8. The maximum atomic E-state index is 11.7. The predicted octanol–water partition coefficient (Wildman–Crippen LogP) is -1.85. The third kappa shape index (κ3) is 5.60. The standard InChI is InChI=1S/C16H17N3O3.ClH/c1-21-14-7-6-13(10-15(14)22-2)11-17-18-16(20)12-19-8-4-3-5-9-19;/h3-11H,12H2,1-2H3;1H/b17-11+;. The van der Waals surface area contributed by atoms with E-state index in [4.69, 9.17) is 9.47 Å². The molecular weight excluding hydrogens is 318 g/mol. The molecule has 0 radical (unpaired) electrons. The van der Waals surface area contributed by atoms with Gasteiger partial charge in [0, 0.05) is 12.1 Å². The van der Waals surface area contributed by atoms with Gasteiger partial charge in [-0.25, -0.2) is 5.43 Å². The molecule has 0 aliphatic heterocycles. The van der Waals surface area contributed by atoms with Gasteiger partial charge < -0.3 is 21.9 Å². The highest BCUT2D eigenvalue weighted by Crippen LogP contribution is 2.26. The van der Waals surface area contributed by atoms with Crippen molar-refractivity contribution in [1.82, 2.24) is 5.43 Å². The molecule has 7 heteroatoms. The number of carbonyl (C=O) groups is 1. The normalized spacial score (nSPS) is 10.0. The topological polar surface area (TPSA) is 63.8 Å². The number of halogens is 1. The van der Waals surface area contributed by atoms with Crippen LogP contribution in [0.25, 0.3) is 0 Å². The van der Waals surface area contributed by atoms with Crippen LogP contribution in [0.4, 0.5) is 0 Å². The van der Waals surface area contributed by atoms with E-state index in [-0.39, 0.29) is 24.9 Å². The molecule has 1 heterocycles. The number of amides is 1. The van der Waals surface area contributed by atoms with Crippen molar-refractivity contribution < 1.29 is 31.2 Å². The molecule has 1 amide bonds. The molecule has 0 atom stereocenters. The molecule has 0 saturated heterocycles.